The Bertz CT molecular complexity index is 544. The van der Waals surface area contributed by atoms with Crippen molar-refractivity contribution in [1.82, 2.24) is 9.88 Å². The third kappa shape index (κ3) is 3.71. The highest BCUT2D eigenvalue weighted by molar-refractivity contribution is 5.87. The van der Waals surface area contributed by atoms with E-state index in [4.69, 9.17) is 5.73 Å². The predicted octanol–water partition coefficient (Wildman–Crippen LogP) is 2.41. The average Bonchev–Trinajstić information content (AvgIpc) is 2.54. The minimum Gasteiger partial charge on any atom is -0.338 e. The van der Waals surface area contributed by atoms with Gasteiger partial charge in [-0.15, -0.1) is 0 Å². The number of carbonyl (C=O) groups excluding carboxylic acids is 1. The van der Waals surface area contributed by atoms with Gasteiger partial charge < -0.3 is 10.6 Å². The lowest BCUT2D eigenvalue weighted by molar-refractivity contribution is -0.133. The SMILES string of the molecule is CC(C)N(CCN)C(=O)C(c1ccccc1)c1ccccn1. The Labute approximate surface area is 132 Å². The normalized spacial score (nSPS) is 12.2. The number of benzene rings is 1. The molecule has 1 atom stereocenters. The molecule has 1 amide bonds. The van der Waals surface area contributed by atoms with Crippen molar-refractivity contribution in [3.05, 3.63) is 66.0 Å². The maximum Gasteiger partial charge on any atom is 0.236 e. The largest absolute Gasteiger partial charge is 0.338 e. The van der Waals surface area contributed by atoms with Gasteiger partial charge in [-0.05, 0) is 31.5 Å². The summed E-state index contributed by atoms with van der Waals surface area (Å²) >= 11 is 0. The molecule has 0 radical (unpaired) electrons. The van der Waals surface area contributed by atoms with E-state index in [1.807, 2.05) is 67.3 Å². The second-order valence-corrected chi connectivity index (χ2v) is 5.51. The predicted molar refractivity (Wildman–Crippen MR) is 88.4 cm³/mol. The molecule has 4 heteroatoms. The summed E-state index contributed by atoms with van der Waals surface area (Å²) in [7, 11) is 0. The number of hydrogen-bond donors (Lipinski definition) is 1. The van der Waals surface area contributed by atoms with Crippen molar-refractivity contribution in [2.45, 2.75) is 25.8 Å². The first kappa shape index (κ1) is 16.2. The lowest BCUT2D eigenvalue weighted by Gasteiger charge is -2.30. The van der Waals surface area contributed by atoms with Crippen LogP contribution in [0.25, 0.3) is 0 Å². The van der Waals surface area contributed by atoms with Crippen LogP contribution in [0.5, 0.6) is 0 Å². The first-order chi connectivity index (χ1) is 10.6. The molecule has 1 aromatic heterocycles. The van der Waals surface area contributed by atoms with Crippen molar-refractivity contribution >= 4 is 5.91 Å². The molecule has 0 bridgehead atoms. The van der Waals surface area contributed by atoms with Crippen LogP contribution in [0.1, 0.15) is 31.0 Å². The molecule has 2 aromatic rings. The molecule has 0 aliphatic rings. The number of aromatic nitrogens is 1. The Morgan fingerprint density at radius 3 is 2.36 bits per heavy atom. The van der Waals surface area contributed by atoms with Gasteiger partial charge in [0.05, 0.1) is 5.69 Å². The summed E-state index contributed by atoms with van der Waals surface area (Å²) in [5.74, 6) is -0.346. The van der Waals surface area contributed by atoms with E-state index >= 15 is 0 Å². The van der Waals surface area contributed by atoms with Gasteiger partial charge in [0.15, 0.2) is 0 Å². The standard InChI is InChI=1S/C18H23N3O/c1-14(2)21(13-11-19)18(22)17(15-8-4-3-5-9-15)16-10-6-7-12-20-16/h3-10,12,14,17H,11,13,19H2,1-2H3. The molecule has 0 fully saturated rings. The lowest BCUT2D eigenvalue weighted by Crippen LogP contribution is -2.43. The van der Waals surface area contributed by atoms with E-state index in [9.17, 15) is 4.79 Å². The first-order valence-corrected chi connectivity index (χ1v) is 7.61. The van der Waals surface area contributed by atoms with E-state index in [1.54, 1.807) is 6.20 Å². The van der Waals surface area contributed by atoms with Crippen LogP contribution in [0.2, 0.25) is 0 Å². The molecule has 1 aromatic carbocycles. The van der Waals surface area contributed by atoms with Crippen molar-refractivity contribution in [3.8, 4) is 0 Å². The topological polar surface area (TPSA) is 59.2 Å². The number of pyridine rings is 1. The highest BCUT2D eigenvalue weighted by Crippen LogP contribution is 2.26. The molecule has 2 N–H and O–H groups in total. The lowest BCUT2D eigenvalue weighted by atomic mass is 9.93. The Hall–Kier alpha value is -2.20. The first-order valence-electron chi connectivity index (χ1n) is 7.61. The molecule has 2 rings (SSSR count). The van der Waals surface area contributed by atoms with Crippen LogP contribution in [0, 0.1) is 0 Å². The van der Waals surface area contributed by atoms with E-state index < -0.39 is 5.92 Å². The van der Waals surface area contributed by atoms with Gasteiger partial charge in [-0.25, -0.2) is 0 Å². The van der Waals surface area contributed by atoms with Gasteiger partial charge in [0, 0.05) is 25.3 Å². The minimum absolute atomic E-state index is 0.0466. The summed E-state index contributed by atoms with van der Waals surface area (Å²) in [6.45, 7) is 5.02. The number of nitrogens with zero attached hydrogens (tertiary/aromatic N) is 2. The van der Waals surface area contributed by atoms with Crippen molar-refractivity contribution in [1.29, 1.82) is 0 Å². The molecule has 116 valence electrons. The smallest absolute Gasteiger partial charge is 0.236 e. The van der Waals surface area contributed by atoms with Crippen LogP contribution in [-0.2, 0) is 4.79 Å². The van der Waals surface area contributed by atoms with Gasteiger partial charge in [0.2, 0.25) is 5.91 Å². The zero-order chi connectivity index (χ0) is 15.9. The van der Waals surface area contributed by atoms with E-state index in [2.05, 4.69) is 4.98 Å². The van der Waals surface area contributed by atoms with E-state index in [0.717, 1.165) is 11.3 Å². The third-order valence-corrected chi connectivity index (χ3v) is 3.64. The summed E-state index contributed by atoms with van der Waals surface area (Å²) in [5.41, 5.74) is 7.39. The molecular formula is C18H23N3O. The molecule has 0 saturated carbocycles. The van der Waals surface area contributed by atoms with Crippen molar-refractivity contribution in [2.24, 2.45) is 5.73 Å². The van der Waals surface area contributed by atoms with Crippen LogP contribution in [0.3, 0.4) is 0 Å². The Morgan fingerprint density at radius 2 is 1.82 bits per heavy atom. The Kier molecular flexibility index (Phi) is 5.67. The summed E-state index contributed by atoms with van der Waals surface area (Å²) in [6.07, 6.45) is 1.72. The summed E-state index contributed by atoms with van der Waals surface area (Å²) < 4.78 is 0. The van der Waals surface area contributed by atoms with Crippen molar-refractivity contribution in [2.75, 3.05) is 13.1 Å². The van der Waals surface area contributed by atoms with Gasteiger partial charge in [0.25, 0.3) is 0 Å². The van der Waals surface area contributed by atoms with Crippen molar-refractivity contribution < 1.29 is 4.79 Å². The highest BCUT2D eigenvalue weighted by Gasteiger charge is 2.29. The zero-order valence-electron chi connectivity index (χ0n) is 13.1. The molecule has 0 spiro atoms. The third-order valence-electron chi connectivity index (χ3n) is 3.64. The van der Waals surface area contributed by atoms with Crippen LogP contribution in [-0.4, -0.2) is 34.9 Å². The van der Waals surface area contributed by atoms with Crippen molar-refractivity contribution in [3.63, 3.8) is 0 Å². The zero-order valence-corrected chi connectivity index (χ0v) is 13.1. The van der Waals surface area contributed by atoms with E-state index in [1.165, 1.54) is 0 Å². The van der Waals surface area contributed by atoms with Gasteiger partial charge in [-0.3, -0.25) is 9.78 Å². The molecule has 1 heterocycles. The molecule has 1 unspecified atom stereocenters. The Morgan fingerprint density at radius 1 is 1.14 bits per heavy atom. The summed E-state index contributed by atoms with van der Waals surface area (Å²) in [4.78, 5) is 19.3. The van der Waals surface area contributed by atoms with Crippen LogP contribution < -0.4 is 5.73 Å². The van der Waals surface area contributed by atoms with Gasteiger partial charge in [0.1, 0.15) is 5.92 Å². The molecular weight excluding hydrogens is 274 g/mol. The van der Waals surface area contributed by atoms with Crippen LogP contribution in [0.15, 0.2) is 54.7 Å². The fourth-order valence-electron chi connectivity index (χ4n) is 2.56. The van der Waals surface area contributed by atoms with Gasteiger partial charge in [-0.2, -0.15) is 0 Å². The minimum atomic E-state index is -0.392. The fraction of sp³-hybridized carbons (Fsp3) is 0.333. The maximum absolute atomic E-state index is 13.1. The number of carbonyl (C=O) groups is 1. The van der Waals surface area contributed by atoms with E-state index in [-0.39, 0.29) is 11.9 Å². The average molecular weight is 297 g/mol. The highest BCUT2D eigenvalue weighted by atomic mass is 16.2. The van der Waals surface area contributed by atoms with Gasteiger partial charge >= 0.3 is 0 Å². The molecule has 0 saturated heterocycles. The van der Waals surface area contributed by atoms with Crippen LogP contribution in [0.4, 0.5) is 0 Å². The second-order valence-electron chi connectivity index (χ2n) is 5.51. The molecule has 0 aliphatic carbocycles. The molecule has 0 aliphatic heterocycles. The maximum atomic E-state index is 13.1. The Balaban J connectivity index is 2.42. The monoisotopic (exact) mass is 297 g/mol. The van der Waals surface area contributed by atoms with Gasteiger partial charge in [-0.1, -0.05) is 36.4 Å². The number of rotatable bonds is 6. The van der Waals surface area contributed by atoms with Crippen LogP contribution >= 0.6 is 0 Å². The van der Waals surface area contributed by atoms with E-state index in [0.29, 0.717) is 13.1 Å². The molecule has 4 nitrogen and oxygen atoms in total. The number of nitrogens with two attached hydrogens (primary N) is 1. The molecule has 22 heavy (non-hydrogen) atoms. The number of amides is 1. The quantitative estimate of drug-likeness (QED) is 0.890. The fourth-order valence-corrected chi connectivity index (χ4v) is 2.56. The number of hydrogen-bond acceptors (Lipinski definition) is 3. The summed E-state index contributed by atoms with van der Waals surface area (Å²) in [6, 6.07) is 15.6. The summed E-state index contributed by atoms with van der Waals surface area (Å²) in [5, 5.41) is 0. The second kappa shape index (κ2) is 7.71.